The van der Waals surface area contributed by atoms with E-state index >= 15 is 0 Å². The maximum Gasteiger partial charge on any atom is 0.325 e. The quantitative estimate of drug-likeness (QED) is 0.715. The summed E-state index contributed by atoms with van der Waals surface area (Å²) in [6, 6.07) is 13.0. The van der Waals surface area contributed by atoms with Crippen LogP contribution >= 0.6 is 0 Å². The summed E-state index contributed by atoms with van der Waals surface area (Å²) < 4.78 is 11.0. The van der Waals surface area contributed by atoms with E-state index in [1.165, 1.54) is 4.90 Å². The van der Waals surface area contributed by atoms with Gasteiger partial charge in [-0.05, 0) is 31.0 Å². The van der Waals surface area contributed by atoms with Crippen molar-refractivity contribution >= 4 is 23.5 Å². The Morgan fingerprint density at radius 3 is 2.63 bits per heavy atom. The van der Waals surface area contributed by atoms with Gasteiger partial charge in [0.25, 0.3) is 5.91 Å². The standard InChI is InChI=1S/C22H23N3O5/c1-14(15-5-3-2-4-6-15)25-21(27)17(24-22(25)28)8-10-20(26)23-16-7-9-18-19(13-16)30-12-11-29-18/h2-7,9,13-14,17H,8,10-12H2,1H3,(H,23,26)(H,24,28)/t14-,17+/m1/s1. The number of anilines is 1. The van der Waals surface area contributed by atoms with Gasteiger partial charge in [0.15, 0.2) is 11.5 Å². The molecule has 0 bridgehead atoms. The zero-order valence-corrected chi connectivity index (χ0v) is 16.6. The van der Waals surface area contributed by atoms with Gasteiger partial charge in [0.05, 0.1) is 6.04 Å². The Bertz CT molecular complexity index is 963. The van der Waals surface area contributed by atoms with E-state index < -0.39 is 12.1 Å². The second kappa shape index (κ2) is 8.44. The number of urea groups is 1. The van der Waals surface area contributed by atoms with Crippen molar-refractivity contribution in [3.8, 4) is 11.5 Å². The second-order valence-corrected chi connectivity index (χ2v) is 7.24. The molecule has 2 atom stereocenters. The maximum atomic E-state index is 12.7. The summed E-state index contributed by atoms with van der Waals surface area (Å²) in [5.74, 6) is 0.667. The monoisotopic (exact) mass is 409 g/mol. The van der Waals surface area contributed by atoms with E-state index in [1.807, 2.05) is 37.3 Å². The van der Waals surface area contributed by atoms with Crippen LogP contribution in [0.15, 0.2) is 48.5 Å². The predicted octanol–water partition coefficient (Wildman–Crippen LogP) is 2.86. The minimum Gasteiger partial charge on any atom is -0.486 e. The van der Waals surface area contributed by atoms with Crippen molar-refractivity contribution in [1.82, 2.24) is 10.2 Å². The SMILES string of the molecule is C[C@H](c1ccccc1)N1C(=O)N[C@@H](CCC(=O)Nc2ccc3c(c2)OCCO3)C1=O. The molecule has 0 unspecified atom stereocenters. The smallest absolute Gasteiger partial charge is 0.325 e. The minimum atomic E-state index is -0.713. The molecule has 2 aliphatic heterocycles. The molecule has 2 N–H and O–H groups in total. The van der Waals surface area contributed by atoms with Gasteiger partial charge in [-0.25, -0.2) is 4.79 Å². The molecular weight excluding hydrogens is 386 g/mol. The summed E-state index contributed by atoms with van der Waals surface area (Å²) in [5.41, 5.74) is 1.46. The number of hydrogen-bond donors (Lipinski definition) is 2. The Balaban J connectivity index is 1.33. The molecule has 4 amide bonds. The van der Waals surface area contributed by atoms with E-state index in [0.717, 1.165) is 5.56 Å². The molecule has 0 aromatic heterocycles. The molecule has 156 valence electrons. The predicted molar refractivity (Wildman–Crippen MR) is 109 cm³/mol. The van der Waals surface area contributed by atoms with Crippen molar-refractivity contribution in [2.45, 2.75) is 31.8 Å². The third-order valence-electron chi connectivity index (χ3n) is 5.21. The number of carbonyl (C=O) groups is 3. The molecule has 0 aliphatic carbocycles. The van der Waals surface area contributed by atoms with Crippen molar-refractivity contribution < 1.29 is 23.9 Å². The van der Waals surface area contributed by atoms with Crippen molar-refractivity contribution in [3.63, 3.8) is 0 Å². The van der Waals surface area contributed by atoms with Crippen molar-refractivity contribution in [1.29, 1.82) is 0 Å². The highest BCUT2D eigenvalue weighted by Crippen LogP contribution is 2.32. The first-order valence-corrected chi connectivity index (χ1v) is 9.91. The first-order chi connectivity index (χ1) is 14.5. The Morgan fingerprint density at radius 1 is 1.13 bits per heavy atom. The number of benzene rings is 2. The Labute approximate surface area is 174 Å². The fraction of sp³-hybridized carbons (Fsp3) is 0.318. The number of nitrogens with zero attached hydrogens (tertiary/aromatic N) is 1. The van der Waals surface area contributed by atoms with Gasteiger partial charge in [-0.15, -0.1) is 0 Å². The first-order valence-electron chi connectivity index (χ1n) is 9.91. The highest BCUT2D eigenvalue weighted by atomic mass is 16.6. The molecule has 0 spiro atoms. The third-order valence-corrected chi connectivity index (χ3v) is 5.21. The number of amides is 4. The number of carbonyl (C=O) groups excluding carboxylic acids is 3. The zero-order valence-electron chi connectivity index (χ0n) is 16.6. The van der Waals surface area contributed by atoms with E-state index in [9.17, 15) is 14.4 Å². The van der Waals surface area contributed by atoms with Crippen molar-refractivity contribution in [2.75, 3.05) is 18.5 Å². The lowest BCUT2D eigenvalue weighted by molar-refractivity contribution is -0.129. The van der Waals surface area contributed by atoms with Gasteiger partial charge in [0, 0.05) is 18.2 Å². The van der Waals surface area contributed by atoms with Crippen LogP contribution < -0.4 is 20.1 Å². The van der Waals surface area contributed by atoms with E-state index in [4.69, 9.17) is 9.47 Å². The molecule has 8 heteroatoms. The Morgan fingerprint density at radius 2 is 1.87 bits per heavy atom. The van der Waals surface area contributed by atoms with Crippen LogP contribution in [-0.2, 0) is 9.59 Å². The molecule has 0 radical (unpaired) electrons. The van der Waals surface area contributed by atoms with Gasteiger partial charge in [-0.1, -0.05) is 30.3 Å². The number of hydrogen-bond acceptors (Lipinski definition) is 5. The maximum absolute atomic E-state index is 12.7. The summed E-state index contributed by atoms with van der Waals surface area (Å²) >= 11 is 0. The van der Waals surface area contributed by atoms with Gasteiger partial charge in [-0.2, -0.15) is 0 Å². The topological polar surface area (TPSA) is 97.0 Å². The largest absolute Gasteiger partial charge is 0.486 e. The van der Waals surface area contributed by atoms with Gasteiger partial charge in [0.1, 0.15) is 19.3 Å². The number of imide groups is 1. The lowest BCUT2D eigenvalue weighted by atomic mass is 10.1. The molecular formula is C22H23N3O5. The highest BCUT2D eigenvalue weighted by molar-refractivity contribution is 6.05. The summed E-state index contributed by atoms with van der Waals surface area (Å²) in [6.45, 7) is 2.77. The highest BCUT2D eigenvalue weighted by Gasteiger charge is 2.40. The van der Waals surface area contributed by atoms with Crippen LogP contribution in [0.3, 0.4) is 0 Å². The molecule has 1 saturated heterocycles. The molecule has 2 aliphatic rings. The van der Waals surface area contributed by atoms with Crippen LogP contribution in [0.5, 0.6) is 11.5 Å². The average molecular weight is 409 g/mol. The van der Waals surface area contributed by atoms with Crippen LogP contribution in [0, 0.1) is 0 Å². The fourth-order valence-electron chi connectivity index (χ4n) is 3.61. The summed E-state index contributed by atoms with van der Waals surface area (Å²) in [4.78, 5) is 38.7. The normalized spacial score (nSPS) is 18.7. The van der Waals surface area contributed by atoms with Crippen LogP contribution in [0.4, 0.5) is 10.5 Å². The number of fused-ring (bicyclic) bond motifs is 1. The summed E-state index contributed by atoms with van der Waals surface area (Å²) in [7, 11) is 0. The molecule has 1 fully saturated rings. The van der Waals surface area contributed by atoms with Crippen molar-refractivity contribution in [3.05, 3.63) is 54.1 Å². The number of ether oxygens (including phenoxy) is 2. The van der Waals surface area contributed by atoms with Gasteiger partial charge in [0.2, 0.25) is 5.91 Å². The molecule has 2 aromatic rings. The molecule has 8 nitrogen and oxygen atoms in total. The van der Waals surface area contributed by atoms with Crippen LogP contribution in [0.1, 0.15) is 31.4 Å². The second-order valence-electron chi connectivity index (χ2n) is 7.24. The molecule has 2 heterocycles. The Kier molecular flexibility index (Phi) is 5.56. The van der Waals surface area contributed by atoms with Crippen LogP contribution in [0.25, 0.3) is 0 Å². The molecule has 4 rings (SSSR count). The van der Waals surface area contributed by atoms with Crippen LogP contribution in [0.2, 0.25) is 0 Å². The third kappa shape index (κ3) is 4.07. The first kappa shape index (κ1) is 19.8. The van der Waals surface area contributed by atoms with Gasteiger partial charge in [-0.3, -0.25) is 14.5 Å². The van der Waals surface area contributed by atoms with Crippen LogP contribution in [-0.4, -0.2) is 42.0 Å². The molecule has 30 heavy (non-hydrogen) atoms. The summed E-state index contributed by atoms with van der Waals surface area (Å²) in [6.07, 6.45) is 0.317. The van der Waals surface area contributed by atoms with Gasteiger partial charge >= 0.3 is 6.03 Å². The van der Waals surface area contributed by atoms with E-state index in [-0.39, 0.29) is 30.7 Å². The number of nitrogens with one attached hydrogen (secondary N) is 2. The van der Waals surface area contributed by atoms with E-state index in [2.05, 4.69) is 10.6 Å². The van der Waals surface area contributed by atoms with Crippen molar-refractivity contribution in [2.24, 2.45) is 0 Å². The molecule has 0 saturated carbocycles. The number of rotatable bonds is 6. The zero-order chi connectivity index (χ0) is 21.1. The Hall–Kier alpha value is -3.55. The average Bonchev–Trinajstić information content (AvgIpc) is 3.05. The van der Waals surface area contributed by atoms with E-state index in [1.54, 1.807) is 18.2 Å². The minimum absolute atomic E-state index is 0.0959. The summed E-state index contributed by atoms with van der Waals surface area (Å²) in [5, 5.41) is 5.48. The lowest BCUT2D eigenvalue weighted by Gasteiger charge is -2.21. The fourth-order valence-corrected chi connectivity index (χ4v) is 3.61. The van der Waals surface area contributed by atoms with E-state index in [0.29, 0.717) is 30.4 Å². The van der Waals surface area contributed by atoms with Gasteiger partial charge < -0.3 is 20.1 Å². The lowest BCUT2D eigenvalue weighted by Crippen LogP contribution is -2.34. The molecule has 2 aromatic carbocycles.